The van der Waals surface area contributed by atoms with Crippen LogP contribution in [0.4, 0.5) is 0 Å². The van der Waals surface area contributed by atoms with E-state index in [0.29, 0.717) is 38.8 Å². The molecule has 0 saturated heterocycles. The predicted molar refractivity (Wildman–Crippen MR) is 129 cm³/mol. The third kappa shape index (κ3) is 14.3. The van der Waals surface area contributed by atoms with E-state index in [1.165, 1.54) is 0 Å². The van der Waals surface area contributed by atoms with E-state index in [9.17, 15) is 29.1 Å². The number of carboxylic acids is 2. The summed E-state index contributed by atoms with van der Waals surface area (Å²) < 4.78 is 0. The molecule has 11 N–H and O–H groups in total. The summed E-state index contributed by atoms with van der Waals surface area (Å²) in [7, 11) is 0. The van der Waals surface area contributed by atoms with Crippen LogP contribution in [0.15, 0.2) is 0 Å². The second-order valence-electron chi connectivity index (χ2n) is 8.92. The summed E-state index contributed by atoms with van der Waals surface area (Å²) >= 11 is 0. The zero-order valence-corrected chi connectivity index (χ0v) is 20.6. The van der Waals surface area contributed by atoms with Gasteiger partial charge in [0.05, 0.1) is 12.5 Å². The maximum atomic E-state index is 13.0. The zero-order valence-electron chi connectivity index (χ0n) is 20.6. The molecule has 4 atom stereocenters. The number of aliphatic carboxylic acids is 2. The van der Waals surface area contributed by atoms with Gasteiger partial charge in [0, 0.05) is 0 Å². The summed E-state index contributed by atoms with van der Waals surface area (Å²) in [6.45, 7) is 4.56. The predicted octanol–water partition coefficient (Wildman–Crippen LogP) is -1.37. The van der Waals surface area contributed by atoms with Crippen molar-refractivity contribution in [2.24, 2.45) is 23.1 Å². The normalized spacial score (nSPS) is 14.5. The molecule has 0 bridgehead atoms. The van der Waals surface area contributed by atoms with Crippen LogP contribution in [0.5, 0.6) is 0 Å². The fourth-order valence-electron chi connectivity index (χ4n) is 3.30. The van der Waals surface area contributed by atoms with Crippen molar-refractivity contribution in [2.75, 3.05) is 13.1 Å². The van der Waals surface area contributed by atoms with E-state index in [4.69, 9.17) is 22.3 Å². The van der Waals surface area contributed by atoms with Gasteiger partial charge in [0.25, 0.3) is 0 Å². The molecule has 0 radical (unpaired) electrons. The zero-order chi connectivity index (χ0) is 27.0. The van der Waals surface area contributed by atoms with Crippen LogP contribution in [-0.4, -0.2) is 77.1 Å². The van der Waals surface area contributed by atoms with Crippen LogP contribution in [0, 0.1) is 5.92 Å². The third-order valence-electron chi connectivity index (χ3n) is 5.22. The Morgan fingerprint density at radius 2 is 1.20 bits per heavy atom. The van der Waals surface area contributed by atoms with Gasteiger partial charge in [-0.2, -0.15) is 0 Å². The van der Waals surface area contributed by atoms with Crippen LogP contribution in [0.2, 0.25) is 0 Å². The lowest BCUT2D eigenvalue weighted by molar-refractivity contribution is -0.147. The number of rotatable bonds is 19. The first kappa shape index (κ1) is 32.2. The largest absolute Gasteiger partial charge is 0.481 e. The van der Waals surface area contributed by atoms with Crippen LogP contribution in [-0.2, 0) is 24.0 Å². The quantitative estimate of drug-likeness (QED) is 0.0963. The summed E-state index contributed by atoms with van der Waals surface area (Å²) in [4.78, 5) is 60.6. The highest BCUT2D eigenvalue weighted by Gasteiger charge is 2.31. The van der Waals surface area contributed by atoms with Crippen LogP contribution in [0.25, 0.3) is 0 Å². The van der Waals surface area contributed by atoms with E-state index in [0.717, 1.165) is 6.42 Å². The molecule has 202 valence electrons. The fraction of sp³-hybridized carbons (Fsp3) is 0.773. The van der Waals surface area contributed by atoms with E-state index >= 15 is 0 Å². The van der Waals surface area contributed by atoms with Crippen molar-refractivity contribution in [3.05, 3.63) is 0 Å². The van der Waals surface area contributed by atoms with Gasteiger partial charge < -0.3 is 43.4 Å². The summed E-state index contributed by atoms with van der Waals surface area (Å²) in [5, 5.41) is 25.5. The van der Waals surface area contributed by atoms with Crippen molar-refractivity contribution in [3.63, 3.8) is 0 Å². The van der Waals surface area contributed by atoms with Gasteiger partial charge in [-0.15, -0.1) is 0 Å². The van der Waals surface area contributed by atoms with Gasteiger partial charge in [-0.25, -0.2) is 4.79 Å². The van der Waals surface area contributed by atoms with Crippen molar-refractivity contribution in [3.8, 4) is 0 Å². The Morgan fingerprint density at radius 3 is 1.69 bits per heavy atom. The standard InChI is InChI=1S/C22H42N6O7/c1-13(2)11-16(27-19(31)14(25)7-3-5-9-23)21(33)26-15(8-4-6-10-24)20(32)28-17(22(34)35)12-18(29)30/h13-17H,3-12,23-25H2,1-2H3,(H,26,33)(H,27,31)(H,28,32)(H,29,30)(H,34,35). The monoisotopic (exact) mass is 502 g/mol. The van der Waals surface area contributed by atoms with Crippen molar-refractivity contribution in [2.45, 2.75) is 89.4 Å². The molecule has 0 aliphatic carbocycles. The number of hydrogen-bond donors (Lipinski definition) is 8. The molecule has 0 rings (SSSR count). The second-order valence-corrected chi connectivity index (χ2v) is 8.92. The van der Waals surface area contributed by atoms with Crippen molar-refractivity contribution in [1.29, 1.82) is 0 Å². The average Bonchev–Trinajstić information content (AvgIpc) is 2.76. The molecular formula is C22H42N6O7. The molecule has 0 aromatic rings. The van der Waals surface area contributed by atoms with E-state index in [1.807, 2.05) is 13.8 Å². The lowest BCUT2D eigenvalue weighted by Gasteiger charge is -2.26. The van der Waals surface area contributed by atoms with Gasteiger partial charge in [0.1, 0.15) is 18.1 Å². The molecule has 3 amide bonds. The Hall–Kier alpha value is -2.77. The molecule has 0 aliphatic rings. The topological polar surface area (TPSA) is 240 Å². The number of nitrogens with two attached hydrogens (primary N) is 3. The molecule has 0 heterocycles. The number of nitrogens with one attached hydrogen (secondary N) is 3. The van der Waals surface area contributed by atoms with Crippen LogP contribution < -0.4 is 33.2 Å². The van der Waals surface area contributed by atoms with Crippen molar-refractivity contribution < 1.29 is 34.2 Å². The van der Waals surface area contributed by atoms with Gasteiger partial charge in [0.2, 0.25) is 17.7 Å². The Bertz CT molecular complexity index is 704. The molecule has 35 heavy (non-hydrogen) atoms. The number of carbonyl (C=O) groups is 5. The Balaban J connectivity index is 5.46. The van der Waals surface area contributed by atoms with E-state index in [1.54, 1.807) is 0 Å². The number of hydrogen-bond acceptors (Lipinski definition) is 8. The molecule has 13 heteroatoms. The molecule has 0 fully saturated rings. The van der Waals surface area contributed by atoms with Crippen LogP contribution >= 0.6 is 0 Å². The van der Waals surface area contributed by atoms with E-state index < -0.39 is 60.2 Å². The van der Waals surface area contributed by atoms with Crippen LogP contribution in [0.3, 0.4) is 0 Å². The number of carboxylic acid groups (broad SMARTS) is 2. The smallest absolute Gasteiger partial charge is 0.326 e. The van der Waals surface area contributed by atoms with Gasteiger partial charge in [-0.05, 0) is 57.5 Å². The minimum absolute atomic E-state index is 0.0241. The lowest BCUT2D eigenvalue weighted by atomic mass is 10.0. The minimum Gasteiger partial charge on any atom is -0.481 e. The molecule has 0 aliphatic heterocycles. The molecule has 0 spiro atoms. The molecular weight excluding hydrogens is 460 g/mol. The fourth-order valence-corrected chi connectivity index (χ4v) is 3.30. The molecule has 4 unspecified atom stereocenters. The second kappa shape index (κ2) is 17.6. The van der Waals surface area contributed by atoms with Gasteiger partial charge in [0.15, 0.2) is 0 Å². The third-order valence-corrected chi connectivity index (χ3v) is 5.22. The van der Waals surface area contributed by atoms with Crippen molar-refractivity contribution >= 4 is 29.7 Å². The Kier molecular flexibility index (Phi) is 16.2. The van der Waals surface area contributed by atoms with Crippen molar-refractivity contribution in [1.82, 2.24) is 16.0 Å². The average molecular weight is 503 g/mol. The highest BCUT2D eigenvalue weighted by molar-refractivity contribution is 5.94. The Labute approximate surface area is 205 Å². The molecule has 13 nitrogen and oxygen atoms in total. The first-order valence-electron chi connectivity index (χ1n) is 11.9. The summed E-state index contributed by atoms with van der Waals surface area (Å²) in [5.74, 6) is -4.85. The molecule has 0 saturated carbocycles. The number of amides is 3. The maximum Gasteiger partial charge on any atom is 0.326 e. The maximum absolute atomic E-state index is 13.0. The summed E-state index contributed by atoms with van der Waals surface area (Å²) in [6.07, 6.45) is 2.41. The summed E-state index contributed by atoms with van der Waals surface area (Å²) in [5.41, 5.74) is 16.9. The SMILES string of the molecule is CC(C)CC(NC(=O)C(N)CCCCN)C(=O)NC(CCCCN)C(=O)NC(CC(=O)O)C(=O)O. The number of unbranched alkanes of at least 4 members (excludes halogenated alkanes) is 2. The Morgan fingerprint density at radius 1 is 0.714 bits per heavy atom. The van der Waals surface area contributed by atoms with E-state index in [-0.39, 0.29) is 18.8 Å². The first-order chi connectivity index (χ1) is 16.4. The van der Waals surface area contributed by atoms with Gasteiger partial charge >= 0.3 is 11.9 Å². The van der Waals surface area contributed by atoms with E-state index in [2.05, 4.69) is 16.0 Å². The van der Waals surface area contributed by atoms with Gasteiger partial charge in [-0.3, -0.25) is 19.2 Å². The lowest BCUT2D eigenvalue weighted by Crippen LogP contribution is -2.57. The van der Waals surface area contributed by atoms with Crippen LogP contribution in [0.1, 0.15) is 65.2 Å². The minimum atomic E-state index is -1.66. The molecule has 0 aromatic carbocycles. The molecule has 0 aromatic heterocycles. The summed E-state index contributed by atoms with van der Waals surface area (Å²) in [6, 6.07) is -4.59. The number of carbonyl (C=O) groups excluding carboxylic acids is 3. The first-order valence-corrected chi connectivity index (χ1v) is 11.9. The highest BCUT2D eigenvalue weighted by atomic mass is 16.4. The highest BCUT2D eigenvalue weighted by Crippen LogP contribution is 2.09. The van der Waals surface area contributed by atoms with Gasteiger partial charge in [-0.1, -0.05) is 20.3 Å².